The number of rotatable bonds is 6. The van der Waals surface area contributed by atoms with Gasteiger partial charge in [-0.1, -0.05) is 18.2 Å². The Bertz CT molecular complexity index is 530. The molecule has 0 aliphatic carbocycles. The number of ether oxygens (including phenoxy) is 1. The first-order chi connectivity index (χ1) is 10.7. The van der Waals surface area contributed by atoms with Crippen molar-refractivity contribution in [2.45, 2.75) is 51.6 Å². The van der Waals surface area contributed by atoms with Crippen molar-refractivity contribution >= 4 is 6.09 Å². The number of hydrogen-bond donors (Lipinski definition) is 4. The molecule has 2 unspecified atom stereocenters. The fourth-order valence-corrected chi connectivity index (χ4v) is 1.95. The molecule has 0 aromatic heterocycles. The van der Waals surface area contributed by atoms with E-state index in [1.165, 1.54) is 18.2 Å². The summed E-state index contributed by atoms with van der Waals surface area (Å²) in [4.78, 5) is 11.5. The molecular weight excluding hydrogens is 305 g/mol. The van der Waals surface area contributed by atoms with Gasteiger partial charge in [0, 0.05) is 17.7 Å². The Morgan fingerprint density at radius 3 is 2.57 bits per heavy atom. The van der Waals surface area contributed by atoms with Crippen LogP contribution in [0.3, 0.4) is 0 Å². The number of alkyl carbamates (subject to hydrolysis) is 1. The number of hydrogen-bond acceptors (Lipinski definition) is 5. The molecule has 0 heterocycles. The Kier molecular flexibility index (Phi) is 6.93. The van der Waals surface area contributed by atoms with Gasteiger partial charge < -0.3 is 25.4 Å². The largest absolute Gasteiger partial charge is 0.444 e. The highest BCUT2D eigenvalue weighted by atomic mass is 19.1. The predicted octanol–water partition coefficient (Wildman–Crippen LogP) is 1.63. The highest BCUT2D eigenvalue weighted by Crippen LogP contribution is 2.24. The lowest BCUT2D eigenvalue weighted by molar-refractivity contribution is 0.0102. The Hall–Kier alpha value is -1.70. The first kappa shape index (κ1) is 19.3. The molecule has 0 saturated heterocycles. The molecule has 6 nitrogen and oxygen atoms in total. The molecule has 0 aliphatic rings. The summed E-state index contributed by atoms with van der Waals surface area (Å²) in [5, 5.41) is 31.4. The average Bonchev–Trinajstić information content (AvgIpc) is 2.44. The first-order valence-corrected chi connectivity index (χ1v) is 7.37. The molecule has 0 radical (unpaired) electrons. The molecule has 4 N–H and O–H groups in total. The zero-order chi connectivity index (χ0) is 17.6. The second-order valence-corrected chi connectivity index (χ2v) is 6.21. The lowest BCUT2D eigenvalue weighted by atomic mass is 9.99. The van der Waals surface area contributed by atoms with E-state index in [1.54, 1.807) is 20.8 Å². The summed E-state index contributed by atoms with van der Waals surface area (Å²) in [5.41, 5.74) is -0.683. The van der Waals surface area contributed by atoms with Gasteiger partial charge in [0.15, 0.2) is 0 Å². The molecule has 0 fully saturated rings. The highest BCUT2D eigenvalue weighted by molar-refractivity contribution is 5.67. The van der Waals surface area contributed by atoms with Crippen molar-refractivity contribution in [3.8, 4) is 0 Å². The van der Waals surface area contributed by atoms with Gasteiger partial charge in [0.2, 0.25) is 0 Å². The van der Waals surface area contributed by atoms with Crippen LogP contribution in [0.25, 0.3) is 0 Å². The smallest absolute Gasteiger partial charge is 0.407 e. The van der Waals surface area contributed by atoms with Crippen molar-refractivity contribution in [1.29, 1.82) is 0 Å². The van der Waals surface area contributed by atoms with Gasteiger partial charge in [-0.05, 0) is 27.2 Å². The Morgan fingerprint density at radius 1 is 1.35 bits per heavy atom. The molecular formula is C16H24FNO5. The van der Waals surface area contributed by atoms with E-state index in [9.17, 15) is 19.4 Å². The zero-order valence-electron chi connectivity index (χ0n) is 13.5. The minimum atomic E-state index is -1.46. The minimum absolute atomic E-state index is 0.0171. The number of nitrogens with one attached hydrogen (secondary N) is 1. The molecule has 2 atom stereocenters. The van der Waals surface area contributed by atoms with Crippen molar-refractivity contribution in [2.24, 2.45) is 0 Å². The summed E-state index contributed by atoms with van der Waals surface area (Å²) in [6, 6.07) is 4.21. The monoisotopic (exact) mass is 329 g/mol. The maximum atomic E-state index is 14.0. The summed E-state index contributed by atoms with van der Waals surface area (Å²) >= 11 is 0. The van der Waals surface area contributed by atoms with Crippen molar-refractivity contribution in [1.82, 2.24) is 5.32 Å². The van der Waals surface area contributed by atoms with Gasteiger partial charge in [-0.25, -0.2) is 9.18 Å². The number of aliphatic hydroxyl groups excluding tert-OH is 3. The number of halogens is 1. The highest BCUT2D eigenvalue weighted by Gasteiger charge is 2.23. The molecule has 1 aromatic carbocycles. The second-order valence-electron chi connectivity index (χ2n) is 6.21. The Labute approximate surface area is 134 Å². The molecule has 7 heteroatoms. The van der Waals surface area contributed by atoms with Gasteiger partial charge in [0.05, 0.1) is 12.7 Å². The van der Waals surface area contributed by atoms with E-state index >= 15 is 0 Å². The van der Waals surface area contributed by atoms with Crippen molar-refractivity contribution in [3.05, 3.63) is 35.1 Å². The van der Waals surface area contributed by atoms with Crippen LogP contribution in [0, 0.1) is 5.82 Å². The van der Waals surface area contributed by atoms with Crippen molar-refractivity contribution < 1.29 is 29.2 Å². The third kappa shape index (κ3) is 6.13. The number of amides is 1. The van der Waals surface area contributed by atoms with E-state index in [0.717, 1.165) is 0 Å². The molecule has 0 aliphatic heterocycles. The summed E-state index contributed by atoms with van der Waals surface area (Å²) in [6.07, 6.45) is -3.34. The van der Waals surface area contributed by atoms with Crippen molar-refractivity contribution in [3.63, 3.8) is 0 Å². The van der Waals surface area contributed by atoms with E-state index in [1.807, 2.05) is 0 Å². The van der Waals surface area contributed by atoms with E-state index in [2.05, 4.69) is 5.32 Å². The van der Waals surface area contributed by atoms with Crippen LogP contribution in [0.1, 0.15) is 44.4 Å². The fourth-order valence-electron chi connectivity index (χ4n) is 1.95. The van der Waals surface area contributed by atoms with E-state index < -0.39 is 36.3 Å². The summed E-state index contributed by atoms with van der Waals surface area (Å²) in [6.45, 7) is 4.74. The van der Waals surface area contributed by atoms with Crippen LogP contribution in [0.2, 0.25) is 0 Å². The molecule has 130 valence electrons. The molecule has 1 rings (SSSR count). The first-order valence-electron chi connectivity index (χ1n) is 7.37. The van der Waals surface area contributed by atoms with Gasteiger partial charge in [-0.3, -0.25) is 0 Å². The fraction of sp³-hybridized carbons (Fsp3) is 0.562. The lowest BCUT2D eigenvalue weighted by Crippen LogP contribution is -2.34. The van der Waals surface area contributed by atoms with Crippen LogP contribution in [0.5, 0.6) is 0 Å². The Morgan fingerprint density at radius 2 is 2.00 bits per heavy atom. The van der Waals surface area contributed by atoms with Gasteiger partial charge in [-0.2, -0.15) is 0 Å². The van der Waals surface area contributed by atoms with Gasteiger partial charge in [0.25, 0.3) is 0 Å². The molecule has 23 heavy (non-hydrogen) atoms. The summed E-state index contributed by atoms with van der Waals surface area (Å²) < 4.78 is 19.0. The number of carbonyl (C=O) groups excluding carboxylic acids is 1. The molecule has 1 aromatic rings. The SMILES string of the molecule is CC(C)(C)OC(=O)NCCC(O)C(O)c1cccc(CO)c1F. The summed E-state index contributed by atoms with van der Waals surface area (Å²) in [5.74, 6) is -0.748. The van der Waals surface area contributed by atoms with E-state index in [0.29, 0.717) is 0 Å². The second kappa shape index (κ2) is 8.24. The third-order valence-electron chi connectivity index (χ3n) is 3.07. The maximum absolute atomic E-state index is 14.0. The molecule has 1 amide bonds. The quantitative estimate of drug-likeness (QED) is 0.636. The van der Waals surface area contributed by atoms with Crippen LogP contribution in [0.4, 0.5) is 9.18 Å². The van der Waals surface area contributed by atoms with Gasteiger partial charge in [-0.15, -0.1) is 0 Å². The zero-order valence-corrected chi connectivity index (χ0v) is 13.5. The normalized spacial score (nSPS) is 14.2. The third-order valence-corrected chi connectivity index (χ3v) is 3.07. The predicted molar refractivity (Wildman–Crippen MR) is 82.1 cm³/mol. The van der Waals surface area contributed by atoms with Crippen LogP contribution in [-0.2, 0) is 11.3 Å². The number of aliphatic hydroxyl groups is 3. The average molecular weight is 329 g/mol. The van der Waals surface area contributed by atoms with Crippen LogP contribution < -0.4 is 5.32 Å². The lowest BCUT2D eigenvalue weighted by Gasteiger charge is -2.21. The van der Waals surface area contributed by atoms with Crippen LogP contribution >= 0.6 is 0 Å². The summed E-state index contributed by atoms with van der Waals surface area (Å²) in [7, 11) is 0. The standard InChI is InChI=1S/C16H24FNO5/c1-16(2,3)23-15(22)18-8-7-12(20)14(21)11-6-4-5-10(9-19)13(11)17/h4-6,12,14,19-21H,7-9H2,1-3H3,(H,18,22). The van der Waals surface area contributed by atoms with Gasteiger partial charge in [0.1, 0.15) is 17.5 Å². The van der Waals surface area contributed by atoms with Crippen LogP contribution in [0.15, 0.2) is 18.2 Å². The minimum Gasteiger partial charge on any atom is -0.444 e. The topological polar surface area (TPSA) is 99.0 Å². The van der Waals surface area contributed by atoms with Gasteiger partial charge >= 0.3 is 6.09 Å². The van der Waals surface area contributed by atoms with Crippen LogP contribution in [-0.4, -0.2) is 39.7 Å². The van der Waals surface area contributed by atoms with Crippen molar-refractivity contribution in [2.75, 3.05) is 6.54 Å². The number of benzene rings is 1. The Balaban J connectivity index is 2.55. The molecule has 0 saturated carbocycles. The molecule has 0 spiro atoms. The van der Waals surface area contributed by atoms with E-state index in [4.69, 9.17) is 9.84 Å². The number of carbonyl (C=O) groups is 1. The van der Waals surface area contributed by atoms with E-state index in [-0.39, 0.29) is 24.1 Å². The molecule has 0 bridgehead atoms. The maximum Gasteiger partial charge on any atom is 0.407 e.